The predicted octanol–water partition coefficient (Wildman–Crippen LogP) is 3.54. The Balaban J connectivity index is 1.81. The van der Waals surface area contributed by atoms with Crippen LogP contribution in [0, 0.1) is 16.0 Å². The van der Waals surface area contributed by atoms with Crippen molar-refractivity contribution in [3.8, 4) is 5.75 Å². The lowest BCUT2D eigenvalue weighted by Gasteiger charge is -2.33. The lowest BCUT2D eigenvalue weighted by Crippen LogP contribution is -2.44. The molecule has 0 spiro atoms. The van der Waals surface area contributed by atoms with Crippen LogP contribution in [0.15, 0.2) is 18.2 Å². The molecule has 0 aliphatic carbocycles. The van der Waals surface area contributed by atoms with E-state index in [-0.39, 0.29) is 11.8 Å². The van der Waals surface area contributed by atoms with Crippen molar-refractivity contribution < 1.29 is 19.2 Å². The van der Waals surface area contributed by atoms with E-state index in [0.717, 1.165) is 12.8 Å². The van der Waals surface area contributed by atoms with E-state index in [2.05, 4.69) is 10.6 Å². The summed E-state index contributed by atoms with van der Waals surface area (Å²) in [5.74, 6) is 0.747. The highest BCUT2D eigenvalue weighted by molar-refractivity contribution is 7.80. The number of ether oxygens (including phenoxy) is 2. The highest BCUT2D eigenvalue weighted by Crippen LogP contribution is 2.29. The summed E-state index contributed by atoms with van der Waals surface area (Å²) in [4.78, 5) is 24.6. The third-order valence-corrected chi connectivity index (χ3v) is 4.71. The van der Waals surface area contributed by atoms with Crippen molar-refractivity contribution in [2.45, 2.75) is 39.2 Å². The molecule has 1 heterocycles. The van der Waals surface area contributed by atoms with Gasteiger partial charge in [-0.1, -0.05) is 0 Å². The van der Waals surface area contributed by atoms with Crippen molar-refractivity contribution in [1.82, 2.24) is 10.2 Å². The predicted molar refractivity (Wildman–Crippen MR) is 114 cm³/mol. The van der Waals surface area contributed by atoms with E-state index in [1.165, 1.54) is 13.2 Å². The van der Waals surface area contributed by atoms with Gasteiger partial charge in [-0.2, -0.15) is 0 Å². The molecule has 1 aliphatic heterocycles. The first kappa shape index (κ1) is 22.7. The maximum atomic E-state index is 12.1. The quantitative estimate of drug-likeness (QED) is 0.420. The molecule has 1 amide bonds. The number of carbonyl (C=O) groups excluding carboxylic acids is 1. The van der Waals surface area contributed by atoms with Crippen LogP contribution < -0.4 is 15.4 Å². The topological polar surface area (TPSA) is 106 Å². The molecule has 0 bridgehead atoms. The smallest absolute Gasteiger partial charge is 0.410 e. The average molecular weight is 425 g/mol. The normalized spacial score (nSPS) is 14.8. The molecule has 0 unspecified atom stereocenters. The van der Waals surface area contributed by atoms with Gasteiger partial charge in [0.1, 0.15) is 17.0 Å². The number of nitro benzene ring substituents is 1. The summed E-state index contributed by atoms with van der Waals surface area (Å²) in [6, 6.07) is 4.53. The Labute approximate surface area is 175 Å². The number of amides is 1. The Hall–Kier alpha value is -2.62. The molecule has 0 aromatic heterocycles. The number of thiocarbonyl (C=S) groups is 1. The summed E-state index contributed by atoms with van der Waals surface area (Å²) < 4.78 is 10.4. The summed E-state index contributed by atoms with van der Waals surface area (Å²) >= 11 is 5.28. The zero-order chi connectivity index (χ0) is 21.6. The number of anilines is 1. The molecule has 1 saturated heterocycles. The summed E-state index contributed by atoms with van der Waals surface area (Å²) in [5, 5.41) is 17.5. The Bertz CT molecular complexity index is 757. The van der Waals surface area contributed by atoms with E-state index >= 15 is 0 Å². The van der Waals surface area contributed by atoms with E-state index < -0.39 is 10.5 Å². The lowest BCUT2D eigenvalue weighted by atomic mass is 9.97. The van der Waals surface area contributed by atoms with Crippen LogP contribution in [-0.2, 0) is 4.74 Å². The number of nitrogens with one attached hydrogen (secondary N) is 2. The fourth-order valence-corrected chi connectivity index (χ4v) is 3.14. The number of rotatable bonds is 5. The first-order valence-corrected chi connectivity index (χ1v) is 9.85. The monoisotopic (exact) mass is 424 g/mol. The molecule has 29 heavy (non-hydrogen) atoms. The number of hydrogen-bond donors (Lipinski definition) is 2. The summed E-state index contributed by atoms with van der Waals surface area (Å²) in [5.41, 5.74) is -0.315. The summed E-state index contributed by atoms with van der Waals surface area (Å²) in [7, 11) is 1.45. The van der Waals surface area contributed by atoms with Gasteiger partial charge in [-0.15, -0.1) is 0 Å². The fourth-order valence-electron chi connectivity index (χ4n) is 2.94. The Morgan fingerprint density at radius 1 is 1.34 bits per heavy atom. The first-order valence-electron chi connectivity index (χ1n) is 9.44. The van der Waals surface area contributed by atoms with E-state index in [0.29, 0.717) is 42.1 Å². The van der Waals surface area contributed by atoms with Crippen LogP contribution in [0.3, 0.4) is 0 Å². The number of carbonyl (C=O) groups is 1. The molecule has 160 valence electrons. The van der Waals surface area contributed by atoms with Crippen molar-refractivity contribution in [3.05, 3.63) is 28.3 Å². The molecule has 10 heteroatoms. The highest BCUT2D eigenvalue weighted by atomic mass is 32.1. The van der Waals surface area contributed by atoms with E-state index in [9.17, 15) is 14.9 Å². The van der Waals surface area contributed by atoms with Crippen LogP contribution in [0.5, 0.6) is 5.75 Å². The molecule has 0 atom stereocenters. The SMILES string of the molecule is COc1ccc(NC(=S)NCC2CCN(C(=O)OC(C)(C)C)CC2)c([N+](=O)[O-])c1. The number of methoxy groups -OCH3 is 1. The van der Waals surface area contributed by atoms with Gasteiger partial charge in [0.25, 0.3) is 5.69 Å². The van der Waals surface area contributed by atoms with Gasteiger partial charge in [0, 0.05) is 19.6 Å². The minimum Gasteiger partial charge on any atom is -0.496 e. The van der Waals surface area contributed by atoms with Crippen LogP contribution >= 0.6 is 12.2 Å². The van der Waals surface area contributed by atoms with Crippen molar-refractivity contribution in [3.63, 3.8) is 0 Å². The van der Waals surface area contributed by atoms with Crippen molar-refractivity contribution in [2.24, 2.45) is 5.92 Å². The standard InChI is InChI=1S/C19H28N4O5S/c1-19(2,3)28-18(24)22-9-7-13(8-10-22)12-20-17(29)21-15-6-5-14(27-4)11-16(15)23(25)26/h5-6,11,13H,7-10,12H2,1-4H3,(H2,20,21,29). The Morgan fingerprint density at radius 3 is 2.55 bits per heavy atom. The molecule has 1 aromatic rings. The molecule has 9 nitrogen and oxygen atoms in total. The molecule has 1 aromatic carbocycles. The maximum Gasteiger partial charge on any atom is 0.410 e. The second-order valence-corrected chi connectivity index (χ2v) is 8.29. The minimum atomic E-state index is -0.503. The number of benzene rings is 1. The van der Waals surface area contributed by atoms with Gasteiger partial charge in [-0.25, -0.2) is 4.79 Å². The summed E-state index contributed by atoms with van der Waals surface area (Å²) in [6.07, 6.45) is 1.38. The zero-order valence-corrected chi connectivity index (χ0v) is 18.0. The van der Waals surface area contributed by atoms with Crippen LogP contribution in [0.25, 0.3) is 0 Å². The molecule has 0 radical (unpaired) electrons. The fraction of sp³-hybridized carbons (Fsp3) is 0.579. The number of nitrogens with zero attached hydrogens (tertiary/aromatic N) is 2. The molecule has 1 fully saturated rings. The van der Waals surface area contributed by atoms with Gasteiger partial charge in [0.2, 0.25) is 0 Å². The van der Waals surface area contributed by atoms with E-state index in [4.69, 9.17) is 21.7 Å². The van der Waals surface area contributed by atoms with Gasteiger partial charge < -0.3 is 25.0 Å². The van der Waals surface area contributed by atoms with E-state index in [1.807, 2.05) is 20.8 Å². The van der Waals surface area contributed by atoms with Gasteiger partial charge in [0.15, 0.2) is 5.11 Å². The maximum absolute atomic E-state index is 12.1. The highest BCUT2D eigenvalue weighted by Gasteiger charge is 2.27. The van der Waals surface area contributed by atoms with Crippen molar-refractivity contribution >= 4 is 34.8 Å². The second-order valence-electron chi connectivity index (χ2n) is 7.89. The van der Waals surface area contributed by atoms with Gasteiger partial charge in [-0.3, -0.25) is 10.1 Å². The number of hydrogen-bond acceptors (Lipinski definition) is 6. The first-order chi connectivity index (χ1) is 13.6. The van der Waals surface area contributed by atoms with E-state index in [1.54, 1.807) is 17.0 Å². The van der Waals surface area contributed by atoms with Gasteiger partial charge in [-0.05, 0) is 63.9 Å². The molecular formula is C19H28N4O5S. The minimum absolute atomic E-state index is 0.112. The molecular weight excluding hydrogens is 396 g/mol. The van der Waals surface area contributed by atoms with Crippen LogP contribution in [0.2, 0.25) is 0 Å². The van der Waals surface area contributed by atoms with Crippen LogP contribution in [0.1, 0.15) is 33.6 Å². The third kappa shape index (κ3) is 7.04. The average Bonchev–Trinajstić information content (AvgIpc) is 2.65. The van der Waals surface area contributed by atoms with Crippen LogP contribution in [0.4, 0.5) is 16.2 Å². The number of piperidine rings is 1. The van der Waals surface area contributed by atoms with Gasteiger partial charge in [0.05, 0.1) is 18.1 Å². The van der Waals surface area contributed by atoms with Crippen molar-refractivity contribution in [1.29, 1.82) is 0 Å². The molecule has 2 N–H and O–H groups in total. The number of likely N-dealkylation sites (tertiary alicyclic amines) is 1. The second kappa shape index (κ2) is 9.73. The molecule has 1 aliphatic rings. The zero-order valence-electron chi connectivity index (χ0n) is 17.2. The van der Waals surface area contributed by atoms with Crippen molar-refractivity contribution in [2.75, 3.05) is 32.1 Å². The Morgan fingerprint density at radius 2 is 2.00 bits per heavy atom. The molecule has 0 saturated carbocycles. The summed E-state index contributed by atoms with van der Waals surface area (Å²) in [6.45, 7) is 7.43. The van der Waals surface area contributed by atoms with Gasteiger partial charge >= 0.3 is 6.09 Å². The molecule has 2 rings (SSSR count). The third-order valence-electron chi connectivity index (χ3n) is 4.47. The van der Waals surface area contributed by atoms with Crippen LogP contribution in [-0.4, -0.2) is 53.4 Å². The Kier molecular flexibility index (Phi) is 7.60. The lowest BCUT2D eigenvalue weighted by molar-refractivity contribution is -0.384. The largest absolute Gasteiger partial charge is 0.496 e. The number of nitro groups is 1.